The Morgan fingerprint density at radius 1 is 1.03 bits per heavy atom. The molecule has 5 nitrogen and oxygen atoms in total. The van der Waals surface area contributed by atoms with Crippen molar-refractivity contribution in [2.24, 2.45) is 5.92 Å². The maximum absolute atomic E-state index is 11.7. The minimum Gasteiger partial charge on any atom is -0.381 e. The van der Waals surface area contributed by atoms with Crippen LogP contribution in [0.1, 0.15) is 36.8 Å². The van der Waals surface area contributed by atoms with Crippen molar-refractivity contribution in [3.05, 3.63) is 58.6 Å². The van der Waals surface area contributed by atoms with E-state index >= 15 is 0 Å². The van der Waals surface area contributed by atoms with Crippen molar-refractivity contribution >= 4 is 34.8 Å². The topological polar surface area (TPSA) is 61.4 Å². The van der Waals surface area contributed by atoms with Gasteiger partial charge in [0.25, 0.3) is 0 Å². The van der Waals surface area contributed by atoms with E-state index in [9.17, 15) is 9.59 Å². The molecule has 1 unspecified atom stereocenters. The molecule has 0 spiro atoms. The number of nitrogens with one attached hydrogen (secondary N) is 2. The highest BCUT2D eigenvalue weighted by molar-refractivity contribution is 6.31. The number of rotatable bonds is 6. The van der Waals surface area contributed by atoms with Gasteiger partial charge in [-0.25, -0.2) is 0 Å². The highest BCUT2D eigenvalue weighted by Gasteiger charge is 2.30. The van der Waals surface area contributed by atoms with Gasteiger partial charge in [0.05, 0.1) is 5.92 Å². The number of hydrogen-bond donors (Lipinski definition) is 2. The third kappa shape index (κ3) is 4.73. The summed E-state index contributed by atoms with van der Waals surface area (Å²) in [5.74, 6) is -0.597. The number of benzene rings is 2. The monoisotopic (exact) mass is 411 g/mol. The lowest BCUT2D eigenvalue weighted by Gasteiger charge is -2.31. The Morgan fingerprint density at radius 2 is 1.79 bits per heavy atom. The number of halogens is 1. The van der Waals surface area contributed by atoms with E-state index in [1.165, 1.54) is 24.9 Å². The number of imide groups is 1. The average Bonchev–Trinajstić information content (AvgIpc) is 3.05. The normalized spacial score (nSPS) is 19.3. The fourth-order valence-corrected chi connectivity index (χ4v) is 4.40. The zero-order valence-electron chi connectivity index (χ0n) is 16.4. The van der Waals surface area contributed by atoms with Crippen molar-refractivity contribution < 1.29 is 9.59 Å². The minimum absolute atomic E-state index is 0.166. The second kappa shape index (κ2) is 8.87. The van der Waals surface area contributed by atoms with Crippen LogP contribution in [0.3, 0.4) is 0 Å². The Hall–Kier alpha value is -2.53. The SMILES string of the molecule is O=C1CC(Cc2ccc(NCc3c(Cl)cccc3N3CCCCC3)cc2)C(=O)N1. The molecule has 1 atom stereocenters. The van der Waals surface area contributed by atoms with E-state index in [-0.39, 0.29) is 24.2 Å². The van der Waals surface area contributed by atoms with Gasteiger partial charge in [0, 0.05) is 48.0 Å². The van der Waals surface area contributed by atoms with E-state index in [1.54, 1.807) is 0 Å². The molecule has 0 aromatic heterocycles. The summed E-state index contributed by atoms with van der Waals surface area (Å²) in [6.07, 6.45) is 4.62. The van der Waals surface area contributed by atoms with Gasteiger partial charge in [-0.15, -0.1) is 0 Å². The molecule has 0 bridgehead atoms. The van der Waals surface area contributed by atoms with Crippen LogP contribution >= 0.6 is 11.6 Å². The molecule has 29 heavy (non-hydrogen) atoms. The van der Waals surface area contributed by atoms with Crippen molar-refractivity contribution in [3.63, 3.8) is 0 Å². The predicted octanol–water partition coefficient (Wildman–Crippen LogP) is 4.15. The summed E-state index contributed by atoms with van der Waals surface area (Å²) < 4.78 is 0. The van der Waals surface area contributed by atoms with E-state index in [1.807, 2.05) is 36.4 Å². The van der Waals surface area contributed by atoms with Crippen LogP contribution in [0.25, 0.3) is 0 Å². The van der Waals surface area contributed by atoms with Crippen molar-refractivity contribution in [1.82, 2.24) is 5.32 Å². The summed E-state index contributed by atoms with van der Waals surface area (Å²) >= 11 is 6.53. The summed E-state index contributed by atoms with van der Waals surface area (Å²) in [5, 5.41) is 6.63. The average molecular weight is 412 g/mol. The largest absolute Gasteiger partial charge is 0.381 e. The maximum atomic E-state index is 11.7. The maximum Gasteiger partial charge on any atom is 0.230 e. The number of hydrogen-bond acceptors (Lipinski definition) is 4. The zero-order valence-corrected chi connectivity index (χ0v) is 17.2. The molecule has 2 fully saturated rings. The molecule has 2 aliphatic heterocycles. The van der Waals surface area contributed by atoms with Gasteiger partial charge < -0.3 is 10.2 Å². The van der Waals surface area contributed by atoms with Gasteiger partial charge in [-0.05, 0) is 55.5 Å². The zero-order chi connectivity index (χ0) is 20.2. The molecule has 2 heterocycles. The fraction of sp³-hybridized carbons (Fsp3) is 0.391. The van der Waals surface area contributed by atoms with Crippen LogP contribution in [-0.4, -0.2) is 24.9 Å². The minimum atomic E-state index is -0.253. The molecular weight excluding hydrogens is 386 g/mol. The molecule has 2 aliphatic rings. The number of anilines is 2. The molecule has 2 N–H and O–H groups in total. The van der Waals surface area contributed by atoms with Gasteiger partial charge in [0.2, 0.25) is 11.8 Å². The highest BCUT2D eigenvalue weighted by Crippen LogP contribution is 2.30. The van der Waals surface area contributed by atoms with Gasteiger partial charge in [0.15, 0.2) is 0 Å². The van der Waals surface area contributed by atoms with Gasteiger partial charge in [-0.1, -0.05) is 29.8 Å². The first-order valence-electron chi connectivity index (χ1n) is 10.3. The van der Waals surface area contributed by atoms with E-state index < -0.39 is 0 Å². The number of nitrogens with zero attached hydrogens (tertiary/aromatic N) is 1. The molecule has 6 heteroatoms. The standard InChI is InChI=1S/C23H26ClN3O2/c24-20-5-4-6-21(27-11-2-1-3-12-27)19(20)15-25-18-9-7-16(8-10-18)13-17-14-22(28)26-23(17)29/h4-10,17,25H,1-3,11-15H2,(H,26,28,29). The molecule has 152 valence electrons. The molecular formula is C23H26ClN3O2. The Kier molecular flexibility index (Phi) is 6.05. The van der Waals surface area contributed by atoms with E-state index in [0.29, 0.717) is 13.0 Å². The van der Waals surface area contributed by atoms with Crippen LogP contribution in [0.15, 0.2) is 42.5 Å². The lowest BCUT2D eigenvalue weighted by atomic mass is 9.98. The number of carbonyl (C=O) groups is 2. The number of amides is 2. The Morgan fingerprint density at radius 3 is 2.48 bits per heavy atom. The summed E-state index contributed by atoms with van der Waals surface area (Å²) in [6.45, 7) is 2.82. The summed E-state index contributed by atoms with van der Waals surface area (Å²) in [4.78, 5) is 25.5. The van der Waals surface area contributed by atoms with Crippen molar-refractivity contribution in [3.8, 4) is 0 Å². The van der Waals surface area contributed by atoms with Gasteiger partial charge >= 0.3 is 0 Å². The first-order chi connectivity index (χ1) is 14.1. The number of carbonyl (C=O) groups excluding carboxylic acids is 2. The molecule has 0 saturated carbocycles. The van der Waals surface area contributed by atoms with Crippen molar-refractivity contribution in [2.45, 2.75) is 38.6 Å². The quantitative estimate of drug-likeness (QED) is 0.701. The van der Waals surface area contributed by atoms with Gasteiger partial charge in [0.1, 0.15) is 0 Å². The summed E-state index contributed by atoms with van der Waals surface area (Å²) in [7, 11) is 0. The van der Waals surface area contributed by atoms with Crippen LogP contribution in [0.4, 0.5) is 11.4 Å². The molecule has 0 radical (unpaired) electrons. The van der Waals surface area contributed by atoms with Crippen LogP contribution in [0.5, 0.6) is 0 Å². The third-order valence-electron chi connectivity index (χ3n) is 5.76. The Balaban J connectivity index is 1.40. The Labute approximate surface area is 176 Å². The van der Waals surface area contributed by atoms with Crippen LogP contribution < -0.4 is 15.5 Å². The lowest BCUT2D eigenvalue weighted by Crippen LogP contribution is -2.30. The molecule has 0 aliphatic carbocycles. The van der Waals surface area contributed by atoms with E-state index in [4.69, 9.17) is 11.6 Å². The van der Waals surface area contributed by atoms with E-state index in [0.717, 1.165) is 34.9 Å². The van der Waals surface area contributed by atoms with E-state index in [2.05, 4.69) is 21.6 Å². The predicted molar refractivity (Wildman–Crippen MR) is 116 cm³/mol. The summed E-state index contributed by atoms with van der Waals surface area (Å²) in [6, 6.07) is 14.2. The Bertz CT molecular complexity index is 891. The lowest BCUT2D eigenvalue weighted by molar-refractivity contribution is -0.125. The molecule has 2 saturated heterocycles. The van der Waals surface area contributed by atoms with Gasteiger partial charge in [-0.3, -0.25) is 14.9 Å². The van der Waals surface area contributed by atoms with Gasteiger partial charge in [-0.2, -0.15) is 0 Å². The van der Waals surface area contributed by atoms with Crippen molar-refractivity contribution in [2.75, 3.05) is 23.3 Å². The fourth-order valence-electron chi connectivity index (χ4n) is 4.16. The van der Waals surface area contributed by atoms with Crippen LogP contribution in [0, 0.1) is 5.92 Å². The molecule has 2 amide bonds. The van der Waals surface area contributed by atoms with Crippen LogP contribution in [0.2, 0.25) is 5.02 Å². The first kappa shape index (κ1) is 19.8. The second-order valence-corrected chi connectivity index (χ2v) is 8.26. The second-order valence-electron chi connectivity index (χ2n) is 7.85. The molecule has 4 rings (SSSR count). The third-order valence-corrected chi connectivity index (χ3v) is 6.12. The number of piperidine rings is 1. The first-order valence-corrected chi connectivity index (χ1v) is 10.7. The highest BCUT2D eigenvalue weighted by atomic mass is 35.5. The molecule has 2 aromatic carbocycles. The van der Waals surface area contributed by atoms with Crippen molar-refractivity contribution in [1.29, 1.82) is 0 Å². The molecule has 2 aromatic rings. The summed E-state index contributed by atoms with van der Waals surface area (Å²) in [5.41, 5.74) is 4.40. The van der Waals surface area contributed by atoms with Crippen LogP contribution in [-0.2, 0) is 22.6 Å². The smallest absolute Gasteiger partial charge is 0.230 e.